The fraction of sp³-hybridized carbons (Fsp3) is 0.567. The molecular weight excluding hydrogens is 909 g/mol. The first-order chi connectivity index (χ1) is 34.5. The molecule has 2 N–H and O–H groups in total. The molecule has 12 heteroatoms. The lowest BCUT2D eigenvalue weighted by atomic mass is 9.82. The molecule has 0 saturated carbocycles. The number of benzene rings is 2. The third-order valence-electron chi connectivity index (χ3n) is 14.7. The van der Waals surface area contributed by atoms with E-state index < -0.39 is 44.5 Å². The molecule has 0 unspecified atom stereocenters. The summed E-state index contributed by atoms with van der Waals surface area (Å²) < 4.78 is 10.9. The zero-order valence-corrected chi connectivity index (χ0v) is 44.6. The van der Waals surface area contributed by atoms with Crippen molar-refractivity contribution in [3.8, 4) is 11.5 Å². The van der Waals surface area contributed by atoms with Crippen LogP contribution in [0.2, 0.25) is 0 Å². The van der Waals surface area contributed by atoms with Crippen molar-refractivity contribution < 1.29 is 29.3 Å². The van der Waals surface area contributed by atoms with Gasteiger partial charge in [0.15, 0.2) is 11.5 Å². The minimum Gasteiger partial charge on any atom is -0.489 e. The van der Waals surface area contributed by atoms with Crippen LogP contribution in [0.4, 0.5) is 11.4 Å². The minimum absolute atomic E-state index is 0.131. The van der Waals surface area contributed by atoms with Crippen LogP contribution >= 0.6 is 0 Å². The van der Waals surface area contributed by atoms with Gasteiger partial charge in [-0.05, 0) is 86.4 Å². The van der Waals surface area contributed by atoms with Gasteiger partial charge in [-0.25, -0.2) is 9.59 Å². The number of ether oxygens (including phenoxy) is 2. The van der Waals surface area contributed by atoms with Crippen LogP contribution in [0.25, 0.3) is 12.2 Å². The van der Waals surface area contributed by atoms with E-state index in [2.05, 4.69) is 23.6 Å². The van der Waals surface area contributed by atoms with E-state index in [1.807, 2.05) is 39.8 Å². The third-order valence-corrected chi connectivity index (χ3v) is 14.7. The molecule has 2 heterocycles. The number of hydrogen-bond acceptors (Lipinski definition) is 10. The molecule has 0 bridgehead atoms. The highest BCUT2D eigenvalue weighted by atomic mass is 16.5. The Kier molecular flexibility index (Phi) is 21.2. The van der Waals surface area contributed by atoms with Crippen LogP contribution in [0.3, 0.4) is 0 Å². The molecule has 6 rings (SSSR count). The number of carboxylic acids is 2. The number of unbranched alkanes of at least 4 members (excludes halogenated alkanes) is 18. The van der Waals surface area contributed by atoms with Gasteiger partial charge in [-0.1, -0.05) is 157 Å². The van der Waals surface area contributed by atoms with E-state index in [-0.39, 0.29) is 22.6 Å². The second kappa shape index (κ2) is 26.8. The molecule has 2 aliphatic heterocycles. The molecular formula is C60H82N2O10. The summed E-state index contributed by atoms with van der Waals surface area (Å²) in [4.78, 5) is 76.5. The number of anilines is 2. The smallest absolute Gasteiger partial charge is 0.335 e. The maximum Gasteiger partial charge on any atom is 0.335 e. The van der Waals surface area contributed by atoms with E-state index in [9.17, 15) is 39.0 Å². The average Bonchev–Trinajstić information content (AvgIpc) is 3.71. The van der Waals surface area contributed by atoms with Gasteiger partial charge in [0.25, 0.3) is 10.9 Å². The van der Waals surface area contributed by atoms with Crippen molar-refractivity contribution in [3.63, 3.8) is 0 Å². The fourth-order valence-electron chi connectivity index (χ4n) is 10.4. The van der Waals surface area contributed by atoms with Crippen LogP contribution in [0.1, 0.15) is 227 Å². The molecule has 0 atom stereocenters. The van der Waals surface area contributed by atoms with E-state index in [0.29, 0.717) is 24.3 Å². The predicted octanol–water partition coefficient (Wildman–Crippen LogP) is 12.9. The Hall–Kier alpha value is -5.78. The van der Waals surface area contributed by atoms with Crippen molar-refractivity contribution in [2.45, 2.75) is 195 Å². The number of nitrogens with zero attached hydrogens (tertiary/aromatic N) is 2. The largest absolute Gasteiger partial charge is 0.489 e. The van der Waals surface area contributed by atoms with Crippen molar-refractivity contribution in [2.24, 2.45) is 0 Å². The second-order valence-corrected chi connectivity index (χ2v) is 20.7. The Morgan fingerprint density at radius 2 is 0.778 bits per heavy atom. The highest BCUT2D eigenvalue weighted by Gasteiger charge is 2.43. The van der Waals surface area contributed by atoms with Crippen LogP contribution in [0.15, 0.2) is 67.0 Å². The Bertz CT molecular complexity index is 2490. The van der Waals surface area contributed by atoms with Gasteiger partial charge in [0.1, 0.15) is 0 Å². The minimum atomic E-state index is -0.964. The number of fused-ring (bicyclic) bond motifs is 2. The molecule has 0 saturated heterocycles. The van der Waals surface area contributed by atoms with Crippen LogP contribution in [-0.2, 0) is 10.8 Å². The summed E-state index contributed by atoms with van der Waals surface area (Å²) >= 11 is 0. The van der Waals surface area contributed by atoms with Gasteiger partial charge in [-0.2, -0.15) is 0 Å². The Morgan fingerprint density at radius 3 is 1.07 bits per heavy atom. The average molecular weight is 991 g/mol. The molecule has 0 spiro atoms. The zero-order chi connectivity index (χ0) is 52.6. The van der Waals surface area contributed by atoms with E-state index >= 15 is 0 Å². The highest BCUT2D eigenvalue weighted by molar-refractivity contribution is 5.91. The standard InChI is InChI=1S/2C30H41NO5/c2*1-5-7-8-9-10-11-12-13-14-15-18-31-24-17-16-21(29(34)35)19-23(24)30(3,4)25(31)20-22-26(32)27(33)28(22)36-6-2/h2*16-17,19-20H,5-15,18H2,1-4H3,(H,34,35)/b2*25-20+. The third kappa shape index (κ3) is 13.4. The predicted molar refractivity (Wildman–Crippen MR) is 292 cm³/mol. The first-order valence-electron chi connectivity index (χ1n) is 27.1. The number of rotatable bonds is 30. The fourth-order valence-corrected chi connectivity index (χ4v) is 10.4. The monoisotopic (exact) mass is 991 g/mol. The first-order valence-corrected chi connectivity index (χ1v) is 27.1. The van der Waals surface area contributed by atoms with Gasteiger partial charge in [-0.15, -0.1) is 0 Å². The van der Waals surface area contributed by atoms with E-state index in [1.165, 1.54) is 103 Å². The highest BCUT2D eigenvalue weighted by Crippen LogP contribution is 2.50. The lowest BCUT2D eigenvalue weighted by Gasteiger charge is -2.28. The van der Waals surface area contributed by atoms with E-state index in [0.717, 1.165) is 72.7 Å². The molecule has 4 aromatic carbocycles. The van der Waals surface area contributed by atoms with Crippen LogP contribution in [0, 0.1) is 0 Å². The normalized spacial score (nSPS) is 15.6. The number of aromatic carboxylic acids is 2. The molecule has 0 amide bonds. The maximum absolute atomic E-state index is 12.4. The lowest BCUT2D eigenvalue weighted by Crippen LogP contribution is -2.36. The summed E-state index contributed by atoms with van der Waals surface area (Å²) in [6.07, 6.45) is 28.5. The van der Waals surface area contributed by atoms with Crippen LogP contribution in [0.5, 0.6) is 11.5 Å². The second-order valence-electron chi connectivity index (χ2n) is 20.7. The van der Waals surface area contributed by atoms with Crippen molar-refractivity contribution in [3.05, 3.63) is 122 Å². The summed E-state index contributed by atoms with van der Waals surface area (Å²) in [6, 6.07) is 10.5. The van der Waals surface area contributed by atoms with Crippen LogP contribution < -0.4 is 41.0 Å². The van der Waals surface area contributed by atoms with Crippen molar-refractivity contribution in [1.29, 1.82) is 0 Å². The van der Waals surface area contributed by atoms with Gasteiger partial charge in [0.2, 0.25) is 10.9 Å². The number of allylic oxidation sites excluding steroid dienone is 2. The van der Waals surface area contributed by atoms with Crippen molar-refractivity contribution in [2.75, 3.05) is 36.1 Å². The summed E-state index contributed by atoms with van der Waals surface area (Å²) in [5.41, 5.74) is 3.38. The van der Waals surface area contributed by atoms with Crippen molar-refractivity contribution >= 4 is 35.5 Å². The van der Waals surface area contributed by atoms with Crippen LogP contribution in [-0.4, -0.2) is 48.5 Å². The quantitative estimate of drug-likeness (QED) is 0.0375. The summed E-state index contributed by atoms with van der Waals surface area (Å²) in [6.45, 7) is 18.4. The zero-order valence-electron chi connectivity index (χ0n) is 44.6. The molecule has 0 fully saturated rings. The van der Waals surface area contributed by atoms with Gasteiger partial charge >= 0.3 is 11.9 Å². The number of carboxylic acid groups (broad SMARTS) is 2. The topological polar surface area (TPSA) is 168 Å². The van der Waals surface area contributed by atoms with Gasteiger partial charge in [0, 0.05) is 46.7 Å². The Labute approximate surface area is 427 Å². The van der Waals surface area contributed by atoms with Gasteiger partial charge in [-0.3, -0.25) is 19.2 Å². The van der Waals surface area contributed by atoms with Gasteiger partial charge in [0.05, 0.1) is 35.5 Å². The number of hydrogen-bond donors (Lipinski definition) is 2. The first kappa shape index (κ1) is 57.1. The van der Waals surface area contributed by atoms with E-state index in [1.54, 1.807) is 50.3 Å². The molecule has 4 aromatic rings. The summed E-state index contributed by atoms with van der Waals surface area (Å²) in [7, 11) is 0. The lowest BCUT2D eigenvalue weighted by molar-refractivity contribution is 0.0686. The molecule has 72 heavy (non-hydrogen) atoms. The SMILES string of the molecule is CCCCCCCCCCCCN1/C(=C/c2c(OCC)c(=O)c2=O)C(C)(C)c2cc(C(=O)O)ccc21.CCCCCCCCCCCCN1/C(=C/c2c(OCC)c(=O)c2=O)C(C)(C)c2cc(C(=O)O)ccc21. The molecule has 12 nitrogen and oxygen atoms in total. The van der Waals surface area contributed by atoms with Crippen molar-refractivity contribution in [1.82, 2.24) is 0 Å². The molecule has 392 valence electrons. The van der Waals surface area contributed by atoms with Gasteiger partial charge < -0.3 is 29.5 Å². The number of carbonyl (C=O) groups is 2. The molecule has 2 aliphatic rings. The molecule has 0 aromatic heterocycles. The Morgan fingerprint density at radius 1 is 0.472 bits per heavy atom. The molecule has 0 aliphatic carbocycles. The molecule has 0 radical (unpaired) electrons. The summed E-state index contributed by atoms with van der Waals surface area (Å²) in [5.74, 6) is -1.67. The van der Waals surface area contributed by atoms with E-state index in [4.69, 9.17) is 9.47 Å². The maximum atomic E-state index is 12.4. The summed E-state index contributed by atoms with van der Waals surface area (Å²) in [5, 5.41) is 19.1. The Balaban J connectivity index is 0.000000267.